The van der Waals surface area contributed by atoms with Crippen LogP contribution >= 0.6 is 0 Å². The fourth-order valence-corrected chi connectivity index (χ4v) is 5.23. The Morgan fingerprint density at radius 3 is 2.38 bits per heavy atom. The number of aromatic nitrogens is 2. The van der Waals surface area contributed by atoms with Crippen LogP contribution in [0, 0.1) is 12.7 Å². The van der Waals surface area contributed by atoms with E-state index in [4.69, 9.17) is 0 Å². The lowest BCUT2D eigenvalue weighted by Crippen LogP contribution is -2.60. The van der Waals surface area contributed by atoms with Gasteiger partial charge in [-0.3, -0.25) is 10.00 Å². The van der Waals surface area contributed by atoms with Crippen molar-refractivity contribution in [3.63, 3.8) is 0 Å². The summed E-state index contributed by atoms with van der Waals surface area (Å²) in [5, 5.41) is 7.59. The molecule has 0 saturated carbocycles. The van der Waals surface area contributed by atoms with Gasteiger partial charge in [-0.05, 0) is 37.6 Å². The normalized spacial score (nSPS) is 19.1. The molecule has 37 heavy (non-hydrogen) atoms. The number of hydrogen-bond acceptors (Lipinski definition) is 3. The molecule has 7 heteroatoms. The van der Waals surface area contributed by atoms with Gasteiger partial charge in [0.15, 0.2) is 5.69 Å². The fourth-order valence-electron chi connectivity index (χ4n) is 5.23. The molecule has 0 aliphatic carbocycles. The van der Waals surface area contributed by atoms with Crippen LogP contribution in [0.3, 0.4) is 0 Å². The van der Waals surface area contributed by atoms with Crippen LogP contribution in [-0.4, -0.2) is 38.8 Å². The lowest BCUT2D eigenvalue weighted by atomic mass is 10.0. The molecule has 0 spiro atoms. The minimum absolute atomic E-state index is 0.215. The highest BCUT2D eigenvalue weighted by Crippen LogP contribution is 2.34. The third kappa shape index (κ3) is 4.58. The van der Waals surface area contributed by atoms with Gasteiger partial charge in [0, 0.05) is 29.7 Å². The molecule has 188 valence electrons. The Hall–Kier alpha value is -4.10. The van der Waals surface area contributed by atoms with Gasteiger partial charge in [-0.25, -0.2) is 14.0 Å². The van der Waals surface area contributed by atoms with E-state index in [2.05, 4.69) is 10.4 Å². The molecule has 1 unspecified atom stereocenters. The molecule has 0 bridgehead atoms. The number of aryl methyl sites for hydroxylation is 1. The van der Waals surface area contributed by atoms with Gasteiger partial charge >= 0.3 is 11.9 Å². The van der Waals surface area contributed by atoms with E-state index >= 15 is 0 Å². The molecule has 6 nitrogen and oxygen atoms in total. The van der Waals surface area contributed by atoms with Gasteiger partial charge < -0.3 is 0 Å². The van der Waals surface area contributed by atoms with Crippen molar-refractivity contribution in [2.75, 3.05) is 11.9 Å². The van der Waals surface area contributed by atoms with Gasteiger partial charge in [0.25, 0.3) is 0 Å². The van der Waals surface area contributed by atoms with Gasteiger partial charge in [-0.2, -0.15) is 9.58 Å². The van der Waals surface area contributed by atoms with Crippen molar-refractivity contribution in [3.8, 4) is 11.1 Å². The summed E-state index contributed by atoms with van der Waals surface area (Å²) in [6.07, 6.45) is 1.50. The molecule has 1 aromatic heterocycles. The van der Waals surface area contributed by atoms with Gasteiger partial charge in [0.05, 0.1) is 18.8 Å². The van der Waals surface area contributed by atoms with Crippen LogP contribution in [0.1, 0.15) is 41.5 Å². The maximum atomic E-state index is 14.6. The highest BCUT2D eigenvalue weighted by atomic mass is 19.1. The Kier molecular flexibility index (Phi) is 6.72. The summed E-state index contributed by atoms with van der Waals surface area (Å²) in [6.45, 7) is 4.77. The first kappa shape index (κ1) is 24.6. The molecule has 1 aliphatic heterocycles. The number of carbonyl (C=O) groups is 2. The number of benzene rings is 3. The molecule has 3 aromatic carbocycles. The quantitative estimate of drug-likeness (QED) is 0.324. The van der Waals surface area contributed by atoms with Crippen LogP contribution in [0.25, 0.3) is 11.1 Å². The number of hydrogen-bond donors (Lipinski definition) is 1. The van der Waals surface area contributed by atoms with Crippen LogP contribution in [-0.2, 0) is 6.54 Å². The molecule has 1 saturated heterocycles. The Labute approximate surface area is 215 Å². The Bertz CT molecular complexity index is 1450. The SMILES string of the molecule is Cc1cc(C(=O)[N+]2(C(=O)Nc3ccccc3-c3ccccc3F)CCC[C@H]2C)nn1Cc1ccccc1. The number of nitrogens with one attached hydrogen (secondary N) is 1. The first-order valence-electron chi connectivity index (χ1n) is 12.6. The Balaban J connectivity index is 1.47. The van der Waals surface area contributed by atoms with Gasteiger partial charge in [0.1, 0.15) is 11.9 Å². The zero-order valence-corrected chi connectivity index (χ0v) is 21.0. The van der Waals surface area contributed by atoms with Gasteiger partial charge in [0.2, 0.25) is 0 Å². The third-order valence-electron chi connectivity index (χ3n) is 7.32. The number of urea groups is 1. The molecule has 2 atom stereocenters. The first-order valence-corrected chi connectivity index (χ1v) is 12.6. The predicted molar refractivity (Wildman–Crippen MR) is 142 cm³/mol. The van der Waals surface area contributed by atoms with Crippen molar-refractivity contribution in [2.45, 2.75) is 39.3 Å². The summed E-state index contributed by atoms with van der Waals surface area (Å²) >= 11 is 0. The monoisotopic (exact) mass is 497 g/mol. The summed E-state index contributed by atoms with van der Waals surface area (Å²) < 4.78 is 16.0. The van der Waals surface area contributed by atoms with Gasteiger partial charge in [-0.1, -0.05) is 66.7 Å². The second kappa shape index (κ2) is 10.1. The van der Waals surface area contributed by atoms with E-state index in [0.29, 0.717) is 29.9 Å². The molecule has 5 rings (SSSR count). The minimum Gasteiger partial charge on any atom is -0.274 e. The number of halogens is 1. The van der Waals surface area contributed by atoms with E-state index in [9.17, 15) is 14.0 Å². The molecule has 2 heterocycles. The molecule has 0 radical (unpaired) electrons. The number of nitrogens with zero attached hydrogens (tertiary/aromatic N) is 3. The number of rotatable bonds is 5. The fraction of sp³-hybridized carbons (Fsp3) is 0.233. The summed E-state index contributed by atoms with van der Waals surface area (Å²) in [5.41, 5.74) is 3.62. The van der Waals surface area contributed by atoms with Crippen molar-refractivity contribution in [2.24, 2.45) is 0 Å². The molecule has 1 N–H and O–H groups in total. The van der Waals surface area contributed by atoms with Crippen LogP contribution in [0.5, 0.6) is 0 Å². The summed E-state index contributed by atoms with van der Waals surface area (Å²) in [5.74, 6) is -0.695. The second-order valence-corrected chi connectivity index (χ2v) is 9.66. The molecular weight excluding hydrogens is 467 g/mol. The van der Waals surface area contributed by atoms with Crippen LogP contribution in [0.2, 0.25) is 0 Å². The molecule has 4 aromatic rings. The number of para-hydroxylation sites is 1. The Morgan fingerprint density at radius 2 is 1.68 bits per heavy atom. The number of carbonyl (C=O) groups excluding carboxylic acids is 2. The van der Waals surface area contributed by atoms with E-state index in [1.807, 2.05) is 44.2 Å². The largest absolute Gasteiger partial charge is 0.429 e. The van der Waals surface area contributed by atoms with Crippen molar-refractivity contribution < 1.29 is 18.5 Å². The van der Waals surface area contributed by atoms with E-state index in [1.165, 1.54) is 6.07 Å². The topological polar surface area (TPSA) is 64.0 Å². The summed E-state index contributed by atoms with van der Waals surface area (Å²) in [6, 6.07) is 24.6. The predicted octanol–water partition coefficient (Wildman–Crippen LogP) is 6.42. The van der Waals surface area contributed by atoms with E-state index in [-0.39, 0.29) is 27.9 Å². The molecular formula is C30H30FN4O2+. The van der Waals surface area contributed by atoms with Crippen molar-refractivity contribution in [1.29, 1.82) is 0 Å². The maximum absolute atomic E-state index is 14.6. The molecule has 3 amide bonds. The molecule has 1 fully saturated rings. The number of quaternary nitrogens is 1. The number of imide groups is 1. The zero-order chi connectivity index (χ0) is 26.0. The van der Waals surface area contributed by atoms with Crippen molar-refractivity contribution in [1.82, 2.24) is 9.78 Å². The number of amides is 3. The summed E-state index contributed by atoms with van der Waals surface area (Å²) in [7, 11) is 0. The smallest absolute Gasteiger partial charge is 0.274 e. The lowest BCUT2D eigenvalue weighted by Gasteiger charge is -2.32. The first-order chi connectivity index (χ1) is 17.9. The average Bonchev–Trinajstić information content (AvgIpc) is 3.48. The third-order valence-corrected chi connectivity index (χ3v) is 7.32. The maximum Gasteiger partial charge on any atom is 0.429 e. The minimum atomic E-state index is -0.422. The highest BCUT2D eigenvalue weighted by Gasteiger charge is 2.54. The average molecular weight is 498 g/mol. The standard InChI is InChI=1S/C30H29FN4O2/c1-21-19-28(33-34(21)20-23-12-4-3-5-13-23)29(36)35(18-10-11-22(35)2)30(37)32-27-17-9-7-15-25(27)24-14-6-8-16-26(24)31/h3-9,12-17,19,22H,10-11,18,20H2,1-2H3/p+1/t22-,35?/m1/s1. The second-order valence-electron chi connectivity index (χ2n) is 9.66. The van der Waals surface area contributed by atoms with Crippen molar-refractivity contribution >= 4 is 17.6 Å². The van der Waals surface area contributed by atoms with E-state index < -0.39 is 6.03 Å². The van der Waals surface area contributed by atoms with Gasteiger partial charge in [-0.15, -0.1) is 0 Å². The van der Waals surface area contributed by atoms with Crippen LogP contribution < -0.4 is 5.32 Å². The van der Waals surface area contributed by atoms with Crippen molar-refractivity contribution in [3.05, 3.63) is 108 Å². The zero-order valence-electron chi connectivity index (χ0n) is 21.0. The van der Waals surface area contributed by atoms with E-state index in [1.54, 1.807) is 53.2 Å². The van der Waals surface area contributed by atoms with Crippen LogP contribution in [0.15, 0.2) is 84.9 Å². The lowest BCUT2D eigenvalue weighted by molar-refractivity contribution is -0.775. The Morgan fingerprint density at radius 1 is 1.00 bits per heavy atom. The van der Waals surface area contributed by atoms with Crippen LogP contribution in [0.4, 0.5) is 14.9 Å². The highest BCUT2D eigenvalue weighted by molar-refractivity contribution is 6.00. The summed E-state index contributed by atoms with van der Waals surface area (Å²) in [4.78, 5) is 27.9. The number of likely N-dealkylation sites (tertiary alicyclic amines) is 1. The number of anilines is 1. The molecule has 1 aliphatic rings. The van der Waals surface area contributed by atoms with E-state index in [0.717, 1.165) is 24.1 Å².